The van der Waals surface area contributed by atoms with Crippen LogP contribution in [-0.4, -0.2) is 29.5 Å². The van der Waals surface area contributed by atoms with Crippen molar-refractivity contribution in [2.75, 3.05) is 5.32 Å². The number of amides is 1. The summed E-state index contributed by atoms with van der Waals surface area (Å²) in [5.41, 5.74) is 6.06. The average Bonchev–Trinajstić information content (AvgIpc) is 2.29. The maximum atomic E-state index is 12.0. The fourth-order valence-corrected chi connectivity index (χ4v) is 1.31. The molecule has 1 rings (SSSR count). The van der Waals surface area contributed by atoms with Crippen LogP contribution >= 0.6 is 0 Å². The topological polar surface area (TPSA) is 92.4 Å². The Bertz CT molecular complexity index is 452. The minimum Gasteiger partial charge on any atom is -0.480 e. The number of aliphatic carboxylic acids is 1. The SMILES string of the molecule is N[C@@H](Cc1cccc(NC(=O)C(F)F)c1)C(=O)O. The first kappa shape index (κ1) is 14.0. The first-order chi connectivity index (χ1) is 8.40. The average molecular weight is 258 g/mol. The standard InChI is InChI=1S/C11H12F2N2O3/c12-9(13)10(16)15-7-3-1-2-6(4-7)5-8(14)11(17)18/h1-4,8-9H,5,14H2,(H,15,16)(H,17,18)/t8-/m0/s1. The number of nitrogens with one attached hydrogen (secondary N) is 1. The van der Waals surface area contributed by atoms with Crippen LogP contribution in [-0.2, 0) is 16.0 Å². The van der Waals surface area contributed by atoms with Crippen LogP contribution in [0.1, 0.15) is 5.56 Å². The van der Waals surface area contributed by atoms with Gasteiger partial charge in [0.15, 0.2) is 0 Å². The van der Waals surface area contributed by atoms with E-state index in [1.807, 2.05) is 5.32 Å². The van der Waals surface area contributed by atoms with Crippen molar-refractivity contribution in [3.05, 3.63) is 29.8 Å². The smallest absolute Gasteiger partial charge is 0.320 e. The molecule has 0 saturated carbocycles. The minimum absolute atomic E-state index is 0.0493. The first-order valence-electron chi connectivity index (χ1n) is 5.06. The van der Waals surface area contributed by atoms with Crippen molar-refractivity contribution >= 4 is 17.6 Å². The van der Waals surface area contributed by atoms with Crippen LogP contribution in [0.25, 0.3) is 0 Å². The van der Waals surface area contributed by atoms with Gasteiger partial charge in [-0.2, -0.15) is 8.78 Å². The second-order valence-electron chi connectivity index (χ2n) is 3.64. The molecule has 7 heteroatoms. The summed E-state index contributed by atoms with van der Waals surface area (Å²) in [6.45, 7) is 0. The fraction of sp³-hybridized carbons (Fsp3) is 0.273. The molecule has 98 valence electrons. The number of nitrogens with two attached hydrogens (primary N) is 1. The molecule has 0 saturated heterocycles. The van der Waals surface area contributed by atoms with Crippen LogP contribution in [0, 0.1) is 0 Å². The summed E-state index contributed by atoms with van der Waals surface area (Å²) in [5, 5.41) is 10.6. The molecule has 0 aliphatic carbocycles. The van der Waals surface area contributed by atoms with Gasteiger partial charge in [0.25, 0.3) is 5.91 Å². The molecular weight excluding hydrogens is 246 g/mol. The highest BCUT2D eigenvalue weighted by atomic mass is 19.3. The number of rotatable bonds is 5. The minimum atomic E-state index is -3.10. The molecule has 0 spiro atoms. The summed E-state index contributed by atoms with van der Waals surface area (Å²) in [4.78, 5) is 21.3. The molecule has 1 amide bonds. The third kappa shape index (κ3) is 4.10. The lowest BCUT2D eigenvalue weighted by atomic mass is 10.1. The summed E-state index contributed by atoms with van der Waals surface area (Å²) in [6, 6.07) is 4.87. The lowest BCUT2D eigenvalue weighted by molar-refractivity contribution is -0.138. The Labute approximate surface area is 102 Å². The van der Waals surface area contributed by atoms with Crippen LogP contribution in [0.2, 0.25) is 0 Å². The van der Waals surface area contributed by atoms with Crippen LogP contribution in [0.4, 0.5) is 14.5 Å². The number of carboxylic acid groups (broad SMARTS) is 1. The number of carbonyl (C=O) groups is 2. The highest BCUT2D eigenvalue weighted by molar-refractivity contribution is 5.93. The van der Waals surface area contributed by atoms with E-state index in [-0.39, 0.29) is 12.1 Å². The summed E-state index contributed by atoms with van der Waals surface area (Å²) in [6.07, 6.45) is -3.05. The van der Waals surface area contributed by atoms with E-state index in [1.165, 1.54) is 18.2 Å². The number of hydrogen-bond donors (Lipinski definition) is 3. The number of carboxylic acids is 1. The zero-order valence-corrected chi connectivity index (χ0v) is 9.27. The maximum absolute atomic E-state index is 12.0. The van der Waals surface area contributed by atoms with Gasteiger partial charge in [-0.1, -0.05) is 12.1 Å². The lowest BCUT2D eigenvalue weighted by Gasteiger charge is -2.09. The number of halogens is 2. The number of alkyl halides is 2. The Morgan fingerprint density at radius 1 is 1.39 bits per heavy atom. The van der Waals surface area contributed by atoms with Gasteiger partial charge in [-0.05, 0) is 24.1 Å². The monoisotopic (exact) mass is 258 g/mol. The van der Waals surface area contributed by atoms with E-state index in [1.54, 1.807) is 6.07 Å². The van der Waals surface area contributed by atoms with Crippen molar-refractivity contribution < 1.29 is 23.5 Å². The molecule has 0 fully saturated rings. The highest BCUT2D eigenvalue weighted by Crippen LogP contribution is 2.13. The largest absolute Gasteiger partial charge is 0.480 e. The van der Waals surface area contributed by atoms with Gasteiger partial charge in [-0.3, -0.25) is 9.59 Å². The third-order valence-corrected chi connectivity index (χ3v) is 2.17. The van der Waals surface area contributed by atoms with Crippen LogP contribution in [0.15, 0.2) is 24.3 Å². The van der Waals surface area contributed by atoms with E-state index in [4.69, 9.17) is 10.8 Å². The predicted octanol–water partition coefficient (Wildman–Crippen LogP) is 0.845. The molecule has 0 aliphatic rings. The van der Waals surface area contributed by atoms with Crippen molar-refractivity contribution in [1.82, 2.24) is 0 Å². The van der Waals surface area contributed by atoms with Crippen molar-refractivity contribution in [3.8, 4) is 0 Å². The normalized spacial score (nSPS) is 12.2. The number of anilines is 1. The predicted molar refractivity (Wildman–Crippen MR) is 60.4 cm³/mol. The second kappa shape index (κ2) is 6.06. The molecule has 18 heavy (non-hydrogen) atoms. The number of hydrogen-bond acceptors (Lipinski definition) is 3. The van der Waals surface area contributed by atoms with Crippen molar-refractivity contribution in [1.29, 1.82) is 0 Å². The fourth-order valence-electron chi connectivity index (χ4n) is 1.31. The Hall–Kier alpha value is -2.02. The van der Waals surface area contributed by atoms with Gasteiger partial charge >= 0.3 is 12.4 Å². The van der Waals surface area contributed by atoms with Gasteiger partial charge < -0.3 is 16.2 Å². The van der Waals surface area contributed by atoms with E-state index in [0.717, 1.165) is 0 Å². The number of carbonyl (C=O) groups excluding carboxylic acids is 1. The molecule has 5 nitrogen and oxygen atoms in total. The molecule has 0 radical (unpaired) electrons. The Kier molecular flexibility index (Phi) is 4.73. The van der Waals surface area contributed by atoms with E-state index < -0.39 is 24.3 Å². The van der Waals surface area contributed by atoms with E-state index >= 15 is 0 Å². The second-order valence-corrected chi connectivity index (χ2v) is 3.64. The summed E-state index contributed by atoms with van der Waals surface area (Å²) >= 11 is 0. The van der Waals surface area contributed by atoms with E-state index in [2.05, 4.69) is 0 Å². The van der Waals surface area contributed by atoms with Gasteiger partial charge in [0.05, 0.1) is 0 Å². The Morgan fingerprint density at radius 3 is 2.61 bits per heavy atom. The molecule has 0 heterocycles. The third-order valence-electron chi connectivity index (χ3n) is 2.17. The molecule has 4 N–H and O–H groups in total. The molecule has 0 unspecified atom stereocenters. The molecule has 1 aromatic carbocycles. The van der Waals surface area contributed by atoms with Gasteiger partial charge in [0.1, 0.15) is 6.04 Å². The van der Waals surface area contributed by atoms with Gasteiger partial charge in [0, 0.05) is 5.69 Å². The molecule has 0 bridgehead atoms. The van der Waals surface area contributed by atoms with Gasteiger partial charge in [0.2, 0.25) is 0 Å². The van der Waals surface area contributed by atoms with Crippen LogP contribution in [0.5, 0.6) is 0 Å². The van der Waals surface area contributed by atoms with E-state index in [9.17, 15) is 18.4 Å². The van der Waals surface area contributed by atoms with E-state index in [0.29, 0.717) is 5.56 Å². The lowest BCUT2D eigenvalue weighted by Crippen LogP contribution is -2.32. The van der Waals surface area contributed by atoms with Crippen molar-refractivity contribution in [3.63, 3.8) is 0 Å². The van der Waals surface area contributed by atoms with Crippen LogP contribution in [0.3, 0.4) is 0 Å². The molecule has 1 aromatic rings. The van der Waals surface area contributed by atoms with Crippen LogP contribution < -0.4 is 11.1 Å². The summed E-state index contributed by atoms with van der Waals surface area (Å²) in [5.74, 6) is -2.56. The molecule has 0 aliphatic heterocycles. The van der Waals surface area contributed by atoms with Crippen molar-refractivity contribution in [2.24, 2.45) is 5.73 Å². The van der Waals surface area contributed by atoms with Gasteiger partial charge in [-0.25, -0.2) is 0 Å². The van der Waals surface area contributed by atoms with Gasteiger partial charge in [-0.15, -0.1) is 0 Å². The zero-order valence-electron chi connectivity index (χ0n) is 9.27. The molecule has 1 atom stereocenters. The Morgan fingerprint density at radius 2 is 2.06 bits per heavy atom. The Balaban J connectivity index is 2.73. The number of benzene rings is 1. The quantitative estimate of drug-likeness (QED) is 0.729. The molecular formula is C11H12F2N2O3. The first-order valence-corrected chi connectivity index (χ1v) is 5.06. The summed E-state index contributed by atoms with van der Waals surface area (Å²) in [7, 11) is 0. The highest BCUT2D eigenvalue weighted by Gasteiger charge is 2.16. The maximum Gasteiger partial charge on any atom is 0.320 e. The summed E-state index contributed by atoms with van der Waals surface area (Å²) < 4.78 is 24.0. The van der Waals surface area contributed by atoms with Crippen molar-refractivity contribution in [2.45, 2.75) is 18.9 Å². The molecule has 0 aromatic heterocycles. The zero-order chi connectivity index (χ0) is 13.7.